The molecule has 3 aromatic heterocycles. The van der Waals surface area contributed by atoms with Crippen LogP contribution < -0.4 is 5.56 Å². The minimum atomic E-state index is -0.411. The number of hydrogen-bond acceptors (Lipinski definition) is 4. The average Bonchev–Trinajstić information content (AvgIpc) is 3.27. The van der Waals surface area contributed by atoms with Crippen molar-refractivity contribution in [2.45, 2.75) is 0 Å². The van der Waals surface area contributed by atoms with E-state index in [1.807, 2.05) is 22.9 Å². The van der Waals surface area contributed by atoms with E-state index in [0.717, 1.165) is 14.9 Å². The molecule has 130 valence electrons. The minimum absolute atomic E-state index is 0.159. The van der Waals surface area contributed by atoms with Crippen molar-refractivity contribution in [1.82, 2.24) is 9.97 Å². The molecule has 4 aromatic rings. The average molecular weight is 468 g/mol. The number of halogens is 3. The molecule has 0 unspecified atom stereocenters. The van der Waals surface area contributed by atoms with Crippen molar-refractivity contribution in [3.05, 3.63) is 73.1 Å². The number of benzene rings is 1. The van der Waals surface area contributed by atoms with E-state index in [0.29, 0.717) is 15.8 Å². The summed E-state index contributed by atoms with van der Waals surface area (Å²) < 4.78 is 14.7. The molecule has 1 aromatic carbocycles. The van der Waals surface area contributed by atoms with Gasteiger partial charge in [-0.25, -0.2) is 9.37 Å². The van der Waals surface area contributed by atoms with Crippen LogP contribution in [0.5, 0.6) is 0 Å². The lowest BCUT2D eigenvalue weighted by atomic mass is 10.2. The highest BCUT2D eigenvalue weighted by molar-refractivity contribution is 9.10. The summed E-state index contributed by atoms with van der Waals surface area (Å²) in [6, 6.07) is 8.44. The first-order valence-corrected chi connectivity index (χ1v) is 10.3. The molecule has 26 heavy (non-hydrogen) atoms. The van der Waals surface area contributed by atoms with Crippen LogP contribution in [0.4, 0.5) is 4.39 Å². The van der Waals surface area contributed by atoms with Gasteiger partial charge < -0.3 is 4.98 Å². The Labute approximate surface area is 168 Å². The van der Waals surface area contributed by atoms with Gasteiger partial charge in [0.05, 0.1) is 10.4 Å². The first-order chi connectivity index (χ1) is 12.5. The Bertz CT molecular complexity index is 1200. The lowest BCUT2D eigenvalue weighted by Gasteiger charge is -2.02. The maximum absolute atomic E-state index is 13.9. The Hall–Kier alpha value is -1.80. The largest absolute Gasteiger partial charge is 0.305 e. The standard InChI is InChI=1S/C18H9BrClFN2OS2/c19-10-3-4-13(21)9(6-10)7-12(20)16-22-17(24)15-11(8-26-18(15)23-16)14-2-1-5-25-14/h1-8H,(H,22,23,24)/b12-7-. The van der Waals surface area contributed by atoms with E-state index in [1.54, 1.807) is 23.5 Å². The summed E-state index contributed by atoms with van der Waals surface area (Å²) >= 11 is 12.5. The van der Waals surface area contributed by atoms with Crippen LogP contribution in [-0.2, 0) is 0 Å². The van der Waals surface area contributed by atoms with Gasteiger partial charge in [0.15, 0.2) is 5.82 Å². The summed E-state index contributed by atoms with van der Waals surface area (Å²) in [7, 11) is 0. The van der Waals surface area contributed by atoms with Gasteiger partial charge in [-0.15, -0.1) is 22.7 Å². The molecule has 0 bridgehead atoms. The van der Waals surface area contributed by atoms with Gasteiger partial charge in [0.2, 0.25) is 0 Å². The SMILES string of the molecule is O=c1[nH]c(/C(Cl)=C/c2cc(Br)ccc2F)nc2scc(-c3cccs3)c12. The van der Waals surface area contributed by atoms with Gasteiger partial charge in [-0.2, -0.15) is 0 Å². The Kier molecular flexibility index (Phi) is 4.79. The lowest BCUT2D eigenvalue weighted by Crippen LogP contribution is -2.10. The van der Waals surface area contributed by atoms with Crippen LogP contribution in [-0.4, -0.2) is 9.97 Å². The molecule has 1 N–H and O–H groups in total. The monoisotopic (exact) mass is 466 g/mol. The fourth-order valence-corrected chi connectivity index (χ4v) is 4.85. The Balaban J connectivity index is 1.82. The number of nitrogens with one attached hydrogen (secondary N) is 1. The van der Waals surface area contributed by atoms with Gasteiger partial charge in [0, 0.05) is 25.9 Å². The zero-order chi connectivity index (χ0) is 18.3. The number of H-pyrrole nitrogens is 1. The molecule has 8 heteroatoms. The molecule has 0 aliphatic rings. The molecule has 0 saturated heterocycles. The van der Waals surface area contributed by atoms with Gasteiger partial charge in [0.25, 0.3) is 5.56 Å². The van der Waals surface area contributed by atoms with Gasteiger partial charge in [-0.1, -0.05) is 33.6 Å². The maximum atomic E-state index is 13.9. The van der Waals surface area contributed by atoms with Gasteiger partial charge >= 0.3 is 0 Å². The molecular weight excluding hydrogens is 459 g/mol. The molecular formula is C18H9BrClFN2OS2. The topological polar surface area (TPSA) is 45.8 Å². The zero-order valence-electron chi connectivity index (χ0n) is 12.9. The van der Waals surface area contributed by atoms with Crippen LogP contribution in [0.1, 0.15) is 11.4 Å². The van der Waals surface area contributed by atoms with E-state index in [4.69, 9.17) is 11.6 Å². The first-order valence-electron chi connectivity index (χ1n) is 7.41. The second kappa shape index (κ2) is 7.08. The van der Waals surface area contributed by atoms with E-state index < -0.39 is 5.82 Å². The Morgan fingerprint density at radius 3 is 2.92 bits per heavy atom. The summed E-state index contributed by atoms with van der Waals surface area (Å²) in [6.07, 6.45) is 1.44. The van der Waals surface area contributed by atoms with E-state index in [1.165, 1.54) is 23.5 Å². The van der Waals surface area contributed by atoms with Crippen molar-refractivity contribution in [2.24, 2.45) is 0 Å². The van der Waals surface area contributed by atoms with Crippen LogP contribution in [0.15, 0.2) is 50.4 Å². The van der Waals surface area contributed by atoms with Crippen LogP contribution in [0.3, 0.4) is 0 Å². The summed E-state index contributed by atoms with van der Waals surface area (Å²) in [5.74, 6) is -0.200. The van der Waals surface area contributed by atoms with E-state index in [2.05, 4.69) is 25.9 Å². The van der Waals surface area contributed by atoms with Crippen molar-refractivity contribution in [2.75, 3.05) is 0 Å². The fourth-order valence-electron chi connectivity index (χ4n) is 2.51. The number of hydrogen-bond donors (Lipinski definition) is 1. The molecule has 0 aliphatic heterocycles. The highest BCUT2D eigenvalue weighted by atomic mass is 79.9. The van der Waals surface area contributed by atoms with Crippen molar-refractivity contribution < 1.29 is 4.39 Å². The lowest BCUT2D eigenvalue weighted by molar-refractivity contribution is 0.625. The van der Waals surface area contributed by atoms with Crippen LogP contribution >= 0.6 is 50.2 Å². The summed E-state index contributed by atoms with van der Waals surface area (Å²) in [6.45, 7) is 0. The fraction of sp³-hybridized carbons (Fsp3) is 0. The molecule has 0 spiro atoms. The maximum Gasteiger partial charge on any atom is 0.260 e. The molecule has 0 radical (unpaired) electrons. The van der Waals surface area contributed by atoms with E-state index >= 15 is 0 Å². The quantitative estimate of drug-likeness (QED) is 0.381. The number of aromatic nitrogens is 2. The number of nitrogens with zero attached hydrogens (tertiary/aromatic N) is 1. The molecule has 0 amide bonds. The molecule has 3 nitrogen and oxygen atoms in total. The van der Waals surface area contributed by atoms with Crippen LogP contribution in [0.2, 0.25) is 0 Å². The Morgan fingerprint density at radius 1 is 1.31 bits per heavy atom. The molecule has 0 atom stereocenters. The molecule has 0 fully saturated rings. The highest BCUT2D eigenvalue weighted by Gasteiger charge is 2.15. The molecule has 3 heterocycles. The van der Waals surface area contributed by atoms with Crippen molar-refractivity contribution in [3.63, 3.8) is 0 Å². The number of thiophene rings is 2. The number of rotatable bonds is 3. The van der Waals surface area contributed by atoms with Gasteiger partial charge in [-0.05, 0) is 35.7 Å². The third-order valence-electron chi connectivity index (χ3n) is 3.70. The van der Waals surface area contributed by atoms with Gasteiger partial charge in [-0.3, -0.25) is 4.79 Å². The van der Waals surface area contributed by atoms with Crippen LogP contribution in [0, 0.1) is 5.82 Å². The molecule has 0 aliphatic carbocycles. The zero-order valence-corrected chi connectivity index (χ0v) is 16.9. The predicted molar refractivity (Wildman–Crippen MR) is 111 cm³/mol. The predicted octanol–water partition coefficient (Wildman–Crippen LogP) is 6.35. The van der Waals surface area contributed by atoms with Crippen LogP contribution in [0.25, 0.3) is 31.8 Å². The van der Waals surface area contributed by atoms with E-state index in [9.17, 15) is 9.18 Å². The van der Waals surface area contributed by atoms with Gasteiger partial charge in [0.1, 0.15) is 10.6 Å². The normalized spacial score (nSPS) is 12.0. The molecule has 0 saturated carbocycles. The van der Waals surface area contributed by atoms with E-state index in [-0.39, 0.29) is 16.4 Å². The number of fused-ring (bicyclic) bond motifs is 1. The first kappa shape index (κ1) is 17.6. The Morgan fingerprint density at radius 2 is 2.15 bits per heavy atom. The summed E-state index contributed by atoms with van der Waals surface area (Å²) in [4.78, 5) is 21.4. The summed E-state index contributed by atoms with van der Waals surface area (Å²) in [5.41, 5.74) is 0.895. The number of aromatic amines is 1. The van der Waals surface area contributed by atoms with Crippen molar-refractivity contribution in [3.8, 4) is 10.4 Å². The van der Waals surface area contributed by atoms with Crippen molar-refractivity contribution >= 4 is 71.5 Å². The highest BCUT2D eigenvalue weighted by Crippen LogP contribution is 2.34. The third-order valence-corrected chi connectivity index (χ3v) is 6.25. The molecule has 4 rings (SSSR count). The van der Waals surface area contributed by atoms with Crippen molar-refractivity contribution in [1.29, 1.82) is 0 Å². The smallest absolute Gasteiger partial charge is 0.260 e. The third kappa shape index (κ3) is 3.27. The summed E-state index contributed by atoms with van der Waals surface area (Å²) in [5, 5.41) is 4.57. The second-order valence-corrected chi connectivity index (χ2v) is 8.51. The second-order valence-electron chi connectivity index (χ2n) is 5.38. The minimum Gasteiger partial charge on any atom is -0.305 e.